The van der Waals surface area contributed by atoms with E-state index in [0.29, 0.717) is 18.5 Å². The first-order valence-electron chi connectivity index (χ1n) is 8.97. The number of morpholine rings is 1. The molecular weight excluding hydrogens is 330 g/mol. The predicted molar refractivity (Wildman–Crippen MR) is 101 cm³/mol. The number of benzene rings is 2. The normalized spacial score (nSPS) is 20.7. The molecule has 2 aromatic rings. The first-order valence-corrected chi connectivity index (χ1v) is 8.97. The van der Waals surface area contributed by atoms with Crippen LogP contribution in [0.4, 0.5) is 0 Å². The van der Waals surface area contributed by atoms with E-state index in [-0.39, 0.29) is 24.0 Å². The minimum Gasteiger partial charge on any atom is -0.373 e. The van der Waals surface area contributed by atoms with E-state index in [0.717, 1.165) is 23.9 Å². The zero-order valence-corrected chi connectivity index (χ0v) is 15.2. The van der Waals surface area contributed by atoms with Crippen LogP contribution in [0.1, 0.15) is 30.6 Å². The Kier molecular flexibility index (Phi) is 5.85. The first kappa shape index (κ1) is 18.4. The molecule has 26 heavy (non-hydrogen) atoms. The fourth-order valence-corrected chi connectivity index (χ4v) is 3.32. The van der Waals surface area contributed by atoms with Gasteiger partial charge in [-0.15, -0.1) is 0 Å². The number of amides is 2. The lowest BCUT2D eigenvalue weighted by Gasteiger charge is -2.35. The number of hydrogen-bond acceptors (Lipinski definition) is 4. The van der Waals surface area contributed by atoms with E-state index in [1.54, 1.807) is 6.07 Å². The largest absolute Gasteiger partial charge is 0.373 e. The summed E-state index contributed by atoms with van der Waals surface area (Å²) in [6.07, 6.45) is 0.682. The lowest BCUT2D eigenvalue weighted by atomic mass is 10.1. The van der Waals surface area contributed by atoms with Gasteiger partial charge in [0.25, 0.3) is 5.91 Å². The molecule has 1 aliphatic rings. The van der Waals surface area contributed by atoms with Gasteiger partial charge in [0.15, 0.2) is 0 Å². The second-order valence-corrected chi connectivity index (χ2v) is 6.83. The number of fused-ring (bicyclic) bond motifs is 1. The minimum absolute atomic E-state index is 0.175. The summed E-state index contributed by atoms with van der Waals surface area (Å²) < 4.78 is 5.68. The number of hydrogen-bond donors (Lipinski definition) is 2. The van der Waals surface area contributed by atoms with Crippen LogP contribution in [0.15, 0.2) is 42.5 Å². The van der Waals surface area contributed by atoms with Crippen molar-refractivity contribution in [3.8, 4) is 0 Å². The highest BCUT2D eigenvalue weighted by Crippen LogP contribution is 2.15. The van der Waals surface area contributed by atoms with E-state index in [4.69, 9.17) is 4.74 Å². The molecule has 6 heteroatoms. The average molecular weight is 355 g/mol. The van der Waals surface area contributed by atoms with Crippen LogP contribution in [0.5, 0.6) is 0 Å². The SMILES string of the molecule is CC1CN(CCC(=O)NNC(=O)c2ccc3ccccc3c2)CC(C)O1. The minimum atomic E-state index is -0.322. The molecule has 2 amide bonds. The Morgan fingerprint density at radius 3 is 2.46 bits per heavy atom. The van der Waals surface area contributed by atoms with Crippen LogP contribution >= 0.6 is 0 Å². The third-order valence-electron chi connectivity index (χ3n) is 4.48. The molecule has 1 heterocycles. The van der Waals surface area contributed by atoms with Gasteiger partial charge in [0, 0.05) is 31.6 Å². The number of carbonyl (C=O) groups excluding carboxylic acids is 2. The predicted octanol–water partition coefficient (Wildman–Crippen LogP) is 2.10. The van der Waals surface area contributed by atoms with Crippen LogP contribution in [0.3, 0.4) is 0 Å². The van der Waals surface area contributed by atoms with Gasteiger partial charge in [-0.2, -0.15) is 0 Å². The monoisotopic (exact) mass is 355 g/mol. The topological polar surface area (TPSA) is 70.7 Å². The number of ether oxygens (including phenoxy) is 1. The zero-order valence-electron chi connectivity index (χ0n) is 15.2. The van der Waals surface area contributed by atoms with Gasteiger partial charge in [0.05, 0.1) is 12.2 Å². The molecule has 6 nitrogen and oxygen atoms in total. The van der Waals surface area contributed by atoms with Crippen molar-refractivity contribution in [1.29, 1.82) is 0 Å². The molecular formula is C20H25N3O3. The maximum atomic E-state index is 12.2. The quantitative estimate of drug-likeness (QED) is 0.824. The Morgan fingerprint density at radius 1 is 1.04 bits per heavy atom. The van der Waals surface area contributed by atoms with E-state index in [1.165, 1.54) is 0 Å². The van der Waals surface area contributed by atoms with E-state index in [2.05, 4.69) is 15.8 Å². The van der Waals surface area contributed by atoms with Crippen molar-refractivity contribution in [3.05, 3.63) is 48.0 Å². The van der Waals surface area contributed by atoms with Crippen LogP contribution in [0.2, 0.25) is 0 Å². The van der Waals surface area contributed by atoms with Gasteiger partial charge in [0.2, 0.25) is 5.91 Å². The summed E-state index contributed by atoms with van der Waals surface area (Å²) in [5, 5.41) is 2.06. The Morgan fingerprint density at radius 2 is 1.73 bits per heavy atom. The molecule has 138 valence electrons. The van der Waals surface area contributed by atoms with Gasteiger partial charge < -0.3 is 4.74 Å². The second-order valence-electron chi connectivity index (χ2n) is 6.83. The average Bonchev–Trinajstić information content (AvgIpc) is 2.63. The highest BCUT2D eigenvalue weighted by molar-refractivity contribution is 5.99. The smallest absolute Gasteiger partial charge is 0.269 e. The number of rotatable bonds is 4. The molecule has 0 bridgehead atoms. The van der Waals surface area contributed by atoms with E-state index >= 15 is 0 Å². The maximum absolute atomic E-state index is 12.2. The Bertz CT molecular complexity index is 783. The lowest BCUT2D eigenvalue weighted by Crippen LogP contribution is -2.47. The van der Waals surface area contributed by atoms with Crippen molar-refractivity contribution in [2.45, 2.75) is 32.5 Å². The molecule has 1 aliphatic heterocycles. The molecule has 0 aromatic heterocycles. The second kappa shape index (κ2) is 8.29. The van der Waals surface area contributed by atoms with Gasteiger partial charge in [-0.3, -0.25) is 25.3 Å². The lowest BCUT2D eigenvalue weighted by molar-refractivity contribution is -0.123. The van der Waals surface area contributed by atoms with Gasteiger partial charge in [-0.25, -0.2) is 0 Å². The standard InChI is InChI=1S/C20H25N3O3/c1-14-12-23(13-15(2)26-14)10-9-19(24)21-22-20(25)18-8-7-16-5-3-4-6-17(16)11-18/h3-8,11,14-15H,9-10,12-13H2,1-2H3,(H,21,24)(H,22,25). The Hall–Kier alpha value is -2.44. The summed E-state index contributed by atoms with van der Waals surface area (Å²) in [5.74, 6) is -0.524. The fraction of sp³-hybridized carbons (Fsp3) is 0.400. The van der Waals surface area contributed by atoms with Crippen molar-refractivity contribution in [2.24, 2.45) is 0 Å². The van der Waals surface area contributed by atoms with Gasteiger partial charge >= 0.3 is 0 Å². The zero-order chi connectivity index (χ0) is 18.5. The van der Waals surface area contributed by atoms with E-state index < -0.39 is 0 Å². The maximum Gasteiger partial charge on any atom is 0.269 e. The van der Waals surface area contributed by atoms with Crippen LogP contribution in [-0.2, 0) is 9.53 Å². The Labute approximate surface area is 153 Å². The highest BCUT2D eigenvalue weighted by Gasteiger charge is 2.22. The molecule has 1 fully saturated rings. The van der Waals surface area contributed by atoms with Crippen LogP contribution in [0, 0.1) is 0 Å². The molecule has 3 rings (SSSR count). The summed E-state index contributed by atoms with van der Waals surface area (Å²) in [7, 11) is 0. The van der Waals surface area contributed by atoms with Gasteiger partial charge in [-0.1, -0.05) is 30.3 Å². The summed E-state index contributed by atoms with van der Waals surface area (Å²) in [5.41, 5.74) is 5.50. The van der Waals surface area contributed by atoms with E-state index in [1.807, 2.05) is 50.2 Å². The van der Waals surface area contributed by atoms with Crippen molar-refractivity contribution < 1.29 is 14.3 Å². The number of nitrogens with one attached hydrogen (secondary N) is 2. The third-order valence-corrected chi connectivity index (χ3v) is 4.48. The molecule has 0 spiro atoms. The highest BCUT2D eigenvalue weighted by atomic mass is 16.5. The first-order chi connectivity index (χ1) is 12.5. The summed E-state index contributed by atoms with van der Waals surface area (Å²) in [6, 6.07) is 13.3. The summed E-state index contributed by atoms with van der Waals surface area (Å²) >= 11 is 0. The summed E-state index contributed by atoms with van der Waals surface area (Å²) in [4.78, 5) is 26.5. The number of hydrazine groups is 1. The Balaban J connectivity index is 1.46. The fourth-order valence-electron chi connectivity index (χ4n) is 3.32. The summed E-state index contributed by atoms with van der Waals surface area (Å²) in [6.45, 7) is 6.36. The molecule has 1 saturated heterocycles. The molecule has 2 unspecified atom stereocenters. The molecule has 2 N–H and O–H groups in total. The van der Waals surface area contributed by atoms with E-state index in [9.17, 15) is 9.59 Å². The van der Waals surface area contributed by atoms with Crippen molar-refractivity contribution in [1.82, 2.24) is 15.8 Å². The molecule has 0 radical (unpaired) electrons. The number of nitrogens with zero attached hydrogens (tertiary/aromatic N) is 1. The van der Waals surface area contributed by atoms with Crippen LogP contribution < -0.4 is 10.9 Å². The molecule has 2 atom stereocenters. The molecule has 0 aliphatic carbocycles. The van der Waals surface area contributed by atoms with Crippen molar-refractivity contribution in [2.75, 3.05) is 19.6 Å². The van der Waals surface area contributed by atoms with Crippen molar-refractivity contribution in [3.63, 3.8) is 0 Å². The number of carbonyl (C=O) groups is 2. The van der Waals surface area contributed by atoms with Crippen LogP contribution in [0.25, 0.3) is 10.8 Å². The molecule has 0 saturated carbocycles. The van der Waals surface area contributed by atoms with Crippen molar-refractivity contribution >= 4 is 22.6 Å². The molecule has 2 aromatic carbocycles. The van der Waals surface area contributed by atoms with Crippen LogP contribution in [-0.4, -0.2) is 48.6 Å². The third kappa shape index (κ3) is 4.80. The van der Waals surface area contributed by atoms with Gasteiger partial charge in [0.1, 0.15) is 0 Å². The van der Waals surface area contributed by atoms with Gasteiger partial charge in [-0.05, 0) is 36.8 Å².